The lowest BCUT2D eigenvalue weighted by molar-refractivity contribution is 0.252. The van der Waals surface area contributed by atoms with Gasteiger partial charge in [-0.15, -0.1) is 0 Å². The molecule has 1 unspecified atom stereocenters. The molecule has 0 saturated carbocycles. The van der Waals surface area contributed by atoms with Gasteiger partial charge in [0.05, 0.1) is 0 Å². The molecule has 0 amide bonds. The molecule has 0 aromatic carbocycles. The molecular formula is C10H22N2S. The van der Waals surface area contributed by atoms with Crippen LogP contribution in [0.5, 0.6) is 0 Å². The topological polar surface area (TPSA) is 29.3 Å². The predicted octanol–water partition coefficient (Wildman–Crippen LogP) is 1.41. The lowest BCUT2D eigenvalue weighted by Crippen LogP contribution is -2.35. The summed E-state index contributed by atoms with van der Waals surface area (Å²) in [5.74, 6) is 3.47. The van der Waals surface area contributed by atoms with Crippen molar-refractivity contribution in [3.63, 3.8) is 0 Å². The number of hydrogen-bond acceptors (Lipinski definition) is 3. The van der Waals surface area contributed by atoms with Gasteiger partial charge in [0.15, 0.2) is 0 Å². The maximum absolute atomic E-state index is 5.49. The van der Waals surface area contributed by atoms with Crippen molar-refractivity contribution in [1.82, 2.24) is 4.90 Å². The number of hydrogen-bond donors (Lipinski definition) is 1. The van der Waals surface area contributed by atoms with E-state index in [0.717, 1.165) is 12.5 Å². The zero-order chi connectivity index (χ0) is 9.52. The van der Waals surface area contributed by atoms with E-state index in [2.05, 4.69) is 23.6 Å². The maximum atomic E-state index is 5.49. The molecule has 0 aromatic heterocycles. The fourth-order valence-electron chi connectivity index (χ4n) is 1.78. The van der Waals surface area contributed by atoms with E-state index in [0.29, 0.717) is 0 Å². The van der Waals surface area contributed by atoms with Crippen molar-refractivity contribution in [2.45, 2.75) is 19.8 Å². The van der Waals surface area contributed by atoms with Crippen LogP contribution in [0.25, 0.3) is 0 Å². The quantitative estimate of drug-likeness (QED) is 0.731. The molecule has 2 N–H and O–H groups in total. The summed E-state index contributed by atoms with van der Waals surface area (Å²) in [7, 11) is 0. The van der Waals surface area contributed by atoms with Crippen molar-refractivity contribution < 1.29 is 0 Å². The van der Waals surface area contributed by atoms with Gasteiger partial charge in [-0.3, -0.25) is 0 Å². The molecular weight excluding hydrogens is 180 g/mol. The molecule has 1 aliphatic heterocycles. The molecule has 1 fully saturated rings. The molecule has 13 heavy (non-hydrogen) atoms. The predicted molar refractivity (Wildman–Crippen MR) is 61.2 cm³/mol. The molecule has 78 valence electrons. The van der Waals surface area contributed by atoms with Gasteiger partial charge in [0.25, 0.3) is 0 Å². The van der Waals surface area contributed by atoms with E-state index in [-0.39, 0.29) is 0 Å². The van der Waals surface area contributed by atoms with Gasteiger partial charge in [-0.05, 0) is 25.3 Å². The van der Waals surface area contributed by atoms with Crippen LogP contribution in [0.2, 0.25) is 0 Å². The SMILES string of the molecule is CC(CCCN)CN1CCSCC1. The largest absolute Gasteiger partial charge is 0.330 e. The van der Waals surface area contributed by atoms with Crippen LogP contribution in [0.3, 0.4) is 0 Å². The van der Waals surface area contributed by atoms with Gasteiger partial charge in [0, 0.05) is 31.1 Å². The summed E-state index contributed by atoms with van der Waals surface area (Å²) >= 11 is 2.08. The Labute approximate surface area is 86.2 Å². The minimum atomic E-state index is 0.826. The van der Waals surface area contributed by atoms with E-state index < -0.39 is 0 Å². The van der Waals surface area contributed by atoms with Gasteiger partial charge >= 0.3 is 0 Å². The fraction of sp³-hybridized carbons (Fsp3) is 1.00. The van der Waals surface area contributed by atoms with E-state index in [4.69, 9.17) is 5.73 Å². The van der Waals surface area contributed by atoms with E-state index in [1.165, 1.54) is 44.0 Å². The summed E-state index contributed by atoms with van der Waals surface area (Å²) in [6.45, 7) is 7.05. The van der Waals surface area contributed by atoms with Crippen LogP contribution >= 0.6 is 11.8 Å². The summed E-state index contributed by atoms with van der Waals surface area (Å²) in [6, 6.07) is 0. The molecule has 0 aromatic rings. The Morgan fingerprint density at radius 2 is 2.08 bits per heavy atom. The first-order valence-corrected chi connectivity index (χ1v) is 6.48. The van der Waals surface area contributed by atoms with Crippen LogP contribution in [0.1, 0.15) is 19.8 Å². The van der Waals surface area contributed by atoms with E-state index >= 15 is 0 Å². The lowest BCUT2D eigenvalue weighted by atomic mass is 10.1. The molecule has 1 saturated heterocycles. The second-order valence-electron chi connectivity index (χ2n) is 3.95. The third-order valence-corrected chi connectivity index (χ3v) is 3.52. The standard InChI is InChI=1S/C10H22N2S/c1-10(3-2-4-11)9-12-5-7-13-8-6-12/h10H,2-9,11H2,1H3. The van der Waals surface area contributed by atoms with Crippen LogP contribution in [0, 0.1) is 5.92 Å². The van der Waals surface area contributed by atoms with Crippen molar-refractivity contribution in [2.75, 3.05) is 37.7 Å². The highest BCUT2D eigenvalue weighted by molar-refractivity contribution is 7.99. The molecule has 1 atom stereocenters. The molecule has 0 aliphatic carbocycles. The minimum absolute atomic E-state index is 0.826. The number of nitrogens with two attached hydrogens (primary N) is 1. The number of nitrogens with zero attached hydrogens (tertiary/aromatic N) is 1. The molecule has 0 bridgehead atoms. The summed E-state index contributed by atoms with van der Waals surface area (Å²) in [5.41, 5.74) is 5.49. The average Bonchev–Trinajstić information content (AvgIpc) is 2.16. The zero-order valence-electron chi connectivity index (χ0n) is 8.67. The second kappa shape index (κ2) is 6.68. The highest BCUT2D eigenvalue weighted by Gasteiger charge is 2.12. The Balaban J connectivity index is 2.07. The fourth-order valence-corrected chi connectivity index (χ4v) is 2.76. The molecule has 1 rings (SSSR count). The molecule has 0 spiro atoms. The maximum Gasteiger partial charge on any atom is 0.00728 e. The lowest BCUT2D eigenvalue weighted by Gasteiger charge is -2.28. The van der Waals surface area contributed by atoms with Crippen molar-refractivity contribution in [3.05, 3.63) is 0 Å². The normalized spacial score (nSPS) is 21.7. The second-order valence-corrected chi connectivity index (χ2v) is 5.17. The molecule has 0 radical (unpaired) electrons. The Morgan fingerprint density at radius 1 is 1.38 bits per heavy atom. The summed E-state index contributed by atoms with van der Waals surface area (Å²) in [4.78, 5) is 2.59. The first kappa shape index (κ1) is 11.3. The highest BCUT2D eigenvalue weighted by Crippen LogP contribution is 2.13. The van der Waals surface area contributed by atoms with Gasteiger partial charge in [-0.25, -0.2) is 0 Å². The van der Waals surface area contributed by atoms with Gasteiger partial charge < -0.3 is 10.6 Å². The Hall–Kier alpha value is 0.270. The van der Waals surface area contributed by atoms with E-state index in [1.54, 1.807) is 0 Å². The van der Waals surface area contributed by atoms with Crippen molar-refractivity contribution in [1.29, 1.82) is 0 Å². The van der Waals surface area contributed by atoms with Crippen molar-refractivity contribution >= 4 is 11.8 Å². The smallest absolute Gasteiger partial charge is 0.00728 e. The first-order valence-electron chi connectivity index (χ1n) is 5.33. The van der Waals surface area contributed by atoms with E-state index in [9.17, 15) is 0 Å². The number of rotatable bonds is 5. The average molecular weight is 202 g/mol. The third-order valence-electron chi connectivity index (χ3n) is 2.57. The van der Waals surface area contributed by atoms with Crippen molar-refractivity contribution in [3.8, 4) is 0 Å². The summed E-state index contributed by atoms with van der Waals surface area (Å²) < 4.78 is 0. The van der Waals surface area contributed by atoms with Gasteiger partial charge in [0.1, 0.15) is 0 Å². The van der Waals surface area contributed by atoms with Gasteiger partial charge in [-0.2, -0.15) is 11.8 Å². The highest BCUT2D eigenvalue weighted by atomic mass is 32.2. The summed E-state index contributed by atoms with van der Waals surface area (Å²) in [6.07, 6.45) is 2.48. The Bertz CT molecular complexity index is 124. The molecule has 2 nitrogen and oxygen atoms in total. The summed E-state index contributed by atoms with van der Waals surface area (Å²) in [5, 5.41) is 0. The van der Waals surface area contributed by atoms with Crippen LogP contribution in [-0.4, -0.2) is 42.6 Å². The van der Waals surface area contributed by atoms with Crippen LogP contribution in [0.4, 0.5) is 0 Å². The van der Waals surface area contributed by atoms with Crippen LogP contribution in [-0.2, 0) is 0 Å². The van der Waals surface area contributed by atoms with Crippen molar-refractivity contribution in [2.24, 2.45) is 11.7 Å². The Morgan fingerprint density at radius 3 is 2.69 bits per heavy atom. The Kier molecular flexibility index (Phi) is 5.83. The zero-order valence-corrected chi connectivity index (χ0v) is 9.48. The first-order chi connectivity index (χ1) is 6.33. The van der Waals surface area contributed by atoms with Crippen LogP contribution in [0.15, 0.2) is 0 Å². The molecule has 1 heterocycles. The monoisotopic (exact) mass is 202 g/mol. The minimum Gasteiger partial charge on any atom is -0.330 e. The van der Waals surface area contributed by atoms with Gasteiger partial charge in [0.2, 0.25) is 0 Å². The van der Waals surface area contributed by atoms with Crippen LogP contribution < -0.4 is 5.73 Å². The molecule has 3 heteroatoms. The number of thioether (sulfide) groups is 1. The molecule has 1 aliphatic rings. The third kappa shape index (κ3) is 4.89. The van der Waals surface area contributed by atoms with E-state index in [1.807, 2.05) is 0 Å². The van der Waals surface area contributed by atoms with Gasteiger partial charge in [-0.1, -0.05) is 6.92 Å².